The number of aliphatic hydroxyl groups is 9. The summed E-state index contributed by atoms with van der Waals surface area (Å²) in [6.45, 7) is 2.83. The molecule has 0 aromatic heterocycles. The number of hydrogen-bond donors (Lipinski definition) is 9. The summed E-state index contributed by atoms with van der Waals surface area (Å²) >= 11 is 0. The standard InChI is InChI=1S/C42H64O19/c1-18-35(61-38-33(51)31(49)29(47)26(60-38)16-56-37-32(50)30(48)28(46)25(14-43)59-37)36(54-3)34(52)39(57-18)58-21-6-10-41(17-44)20(13-21)4-5-24-23(41)7-9-40(2)22(8-11-42(24,40)53)19-12-27(45)55-15-19/h12,17-18,20-26,28-39,43,46-53H,4-11,13-16H2,1-3H3/t18-,20+,21-,22+,23-,24+,25+,26+,28+,29+,30-,31-,32+,33+,34?,35-,36-,37+,38-,39-,40+,41+,42-/m0/s1. The van der Waals surface area contributed by atoms with Crippen LogP contribution in [0.3, 0.4) is 0 Å². The highest BCUT2D eigenvalue weighted by molar-refractivity contribution is 5.85. The van der Waals surface area contributed by atoms with Gasteiger partial charge in [-0.3, -0.25) is 0 Å². The molecule has 346 valence electrons. The van der Waals surface area contributed by atoms with Gasteiger partial charge in [0.05, 0.1) is 31.0 Å². The number of hydrogen-bond acceptors (Lipinski definition) is 19. The van der Waals surface area contributed by atoms with Crippen LogP contribution in [0.25, 0.3) is 0 Å². The minimum absolute atomic E-state index is 0.000150. The third kappa shape index (κ3) is 7.64. The van der Waals surface area contributed by atoms with Crippen LogP contribution in [0.2, 0.25) is 0 Å². The van der Waals surface area contributed by atoms with Crippen molar-refractivity contribution >= 4 is 12.3 Å². The number of carbonyl (C=O) groups excluding carboxylic acids is 2. The van der Waals surface area contributed by atoms with E-state index in [1.807, 2.05) is 0 Å². The van der Waals surface area contributed by atoms with Gasteiger partial charge < -0.3 is 88.6 Å². The maximum absolute atomic E-state index is 13.3. The first-order chi connectivity index (χ1) is 29.0. The maximum Gasteiger partial charge on any atom is 0.331 e. The molecule has 0 aromatic rings. The topological polar surface area (TPSA) is 290 Å². The number of cyclic esters (lactones) is 1. The van der Waals surface area contributed by atoms with E-state index in [1.165, 1.54) is 7.11 Å². The van der Waals surface area contributed by atoms with Gasteiger partial charge >= 0.3 is 5.97 Å². The van der Waals surface area contributed by atoms with Crippen LogP contribution in [0.15, 0.2) is 11.6 Å². The van der Waals surface area contributed by atoms with Crippen LogP contribution in [0.1, 0.15) is 71.6 Å². The monoisotopic (exact) mass is 872 g/mol. The fourth-order valence-corrected chi connectivity index (χ4v) is 12.9. The third-order valence-electron chi connectivity index (χ3n) is 16.3. The average molecular weight is 873 g/mol. The lowest BCUT2D eigenvalue weighted by Crippen LogP contribution is -2.65. The molecule has 7 fully saturated rings. The van der Waals surface area contributed by atoms with Crippen molar-refractivity contribution < 1.29 is 93.4 Å². The highest BCUT2D eigenvalue weighted by atomic mass is 16.8. The minimum Gasteiger partial charge on any atom is -0.458 e. The first kappa shape index (κ1) is 45.8. The van der Waals surface area contributed by atoms with E-state index in [4.69, 9.17) is 37.9 Å². The number of fused-ring (bicyclic) bond motifs is 5. The van der Waals surface area contributed by atoms with E-state index >= 15 is 0 Å². The number of aliphatic hydroxyl groups excluding tert-OH is 8. The highest BCUT2D eigenvalue weighted by Crippen LogP contribution is 2.69. The van der Waals surface area contributed by atoms with Gasteiger partial charge in [-0.15, -0.1) is 0 Å². The van der Waals surface area contributed by atoms with Crippen molar-refractivity contribution in [3.8, 4) is 0 Å². The molecular weight excluding hydrogens is 808 g/mol. The van der Waals surface area contributed by atoms with Gasteiger partial charge in [-0.05, 0) is 94.0 Å². The molecule has 3 saturated heterocycles. The van der Waals surface area contributed by atoms with Crippen LogP contribution < -0.4 is 0 Å². The molecule has 1 unspecified atom stereocenters. The Morgan fingerprint density at radius 3 is 2.13 bits per heavy atom. The molecule has 19 nitrogen and oxygen atoms in total. The summed E-state index contributed by atoms with van der Waals surface area (Å²) in [5.74, 6) is -0.343. The molecule has 0 aromatic carbocycles. The summed E-state index contributed by atoms with van der Waals surface area (Å²) in [7, 11) is 1.36. The first-order valence-electron chi connectivity index (χ1n) is 21.9. The molecule has 8 rings (SSSR count). The highest BCUT2D eigenvalue weighted by Gasteiger charge is 2.69. The molecule has 4 heterocycles. The van der Waals surface area contributed by atoms with Crippen LogP contribution in [-0.4, -0.2) is 189 Å². The van der Waals surface area contributed by atoms with E-state index < -0.39 is 122 Å². The largest absolute Gasteiger partial charge is 0.458 e. The smallest absolute Gasteiger partial charge is 0.331 e. The number of ether oxygens (including phenoxy) is 8. The zero-order chi connectivity index (χ0) is 43.8. The molecule has 0 amide bonds. The molecule has 9 N–H and O–H groups in total. The van der Waals surface area contributed by atoms with Gasteiger partial charge in [-0.1, -0.05) is 6.92 Å². The van der Waals surface area contributed by atoms with Crippen molar-refractivity contribution in [3.63, 3.8) is 0 Å². The second kappa shape index (κ2) is 17.6. The van der Waals surface area contributed by atoms with Crippen LogP contribution >= 0.6 is 0 Å². The van der Waals surface area contributed by atoms with E-state index in [2.05, 4.69) is 6.92 Å². The van der Waals surface area contributed by atoms with Crippen LogP contribution in [0.5, 0.6) is 0 Å². The number of aldehydes is 1. The molecule has 0 radical (unpaired) electrons. The molecule has 0 bridgehead atoms. The van der Waals surface area contributed by atoms with Gasteiger partial charge in [0.2, 0.25) is 0 Å². The van der Waals surface area contributed by atoms with Crippen molar-refractivity contribution in [2.75, 3.05) is 26.9 Å². The molecule has 0 spiro atoms. The van der Waals surface area contributed by atoms with Gasteiger partial charge in [0.15, 0.2) is 18.9 Å². The van der Waals surface area contributed by atoms with E-state index in [1.54, 1.807) is 13.0 Å². The minimum atomic E-state index is -1.79. The Kier molecular flexibility index (Phi) is 13.2. The van der Waals surface area contributed by atoms with Crippen molar-refractivity contribution in [2.24, 2.45) is 34.5 Å². The van der Waals surface area contributed by atoms with E-state index in [-0.39, 0.29) is 42.4 Å². The molecule has 8 aliphatic rings. The summed E-state index contributed by atoms with van der Waals surface area (Å²) in [6.07, 6.45) is -13.2. The molecule has 61 heavy (non-hydrogen) atoms. The summed E-state index contributed by atoms with van der Waals surface area (Å²) in [4.78, 5) is 25.3. The Morgan fingerprint density at radius 1 is 0.770 bits per heavy atom. The lowest BCUT2D eigenvalue weighted by molar-refractivity contribution is -0.367. The Balaban J connectivity index is 0.887. The van der Waals surface area contributed by atoms with Gasteiger partial charge in [-0.2, -0.15) is 0 Å². The second-order valence-corrected chi connectivity index (χ2v) is 19.1. The van der Waals surface area contributed by atoms with Gasteiger partial charge in [0.1, 0.15) is 80.0 Å². The SMILES string of the molecule is CO[C@H]1C(O)[C@H](O[C@H]2CC[C@@]3(C=O)[C@H](CC[C@@H]4[C@@H]3CC[C@]3(C)[C@@H](C5=CC(=O)OC5)CC[C@]43O)C2)O[C@@H](C)[C@@H]1O[C@@H]1O[C@H](CO[C@@H]2O[C@H](CO)[C@@H](O)[C@H](O)[C@H]2O)[C@@H](O)[C@H](O)[C@H]1O. The summed E-state index contributed by atoms with van der Waals surface area (Å²) < 4.78 is 46.4. The van der Waals surface area contributed by atoms with Gasteiger partial charge in [0, 0.05) is 24.0 Å². The van der Waals surface area contributed by atoms with Crippen LogP contribution in [-0.2, 0) is 47.5 Å². The predicted molar refractivity (Wildman–Crippen MR) is 203 cm³/mol. The van der Waals surface area contributed by atoms with Crippen LogP contribution in [0.4, 0.5) is 0 Å². The van der Waals surface area contributed by atoms with Crippen molar-refractivity contribution in [1.29, 1.82) is 0 Å². The Hall–Kier alpha value is -1.76. The Labute approximate surface area is 353 Å². The molecule has 4 aliphatic carbocycles. The predicted octanol–water partition coefficient (Wildman–Crippen LogP) is -2.06. The number of carbonyl (C=O) groups is 2. The average Bonchev–Trinajstić information content (AvgIpc) is 3.80. The molecule has 19 heteroatoms. The second-order valence-electron chi connectivity index (χ2n) is 19.1. The van der Waals surface area contributed by atoms with E-state index in [0.29, 0.717) is 25.7 Å². The summed E-state index contributed by atoms with van der Waals surface area (Å²) in [6, 6.07) is 0. The van der Waals surface area contributed by atoms with E-state index in [9.17, 15) is 55.5 Å². The normalized spacial score (nSPS) is 53.6. The first-order valence-corrected chi connectivity index (χ1v) is 21.9. The third-order valence-corrected chi connectivity index (χ3v) is 16.3. The summed E-state index contributed by atoms with van der Waals surface area (Å²) in [5.41, 5.74) is -1.07. The van der Waals surface area contributed by atoms with Crippen molar-refractivity contribution in [3.05, 3.63) is 11.6 Å². The van der Waals surface area contributed by atoms with E-state index in [0.717, 1.165) is 44.0 Å². The summed E-state index contributed by atoms with van der Waals surface area (Å²) in [5, 5.41) is 96.6. The fourth-order valence-electron chi connectivity index (χ4n) is 12.9. The van der Waals surface area contributed by atoms with Gasteiger partial charge in [0.25, 0.3) is 0 Å². The van der Waals surface area contributed by atoms with Crippen molar-refractivity contribution in [1.82, 2.24) is 0 Å². The maximum atomic E-state index is 13.3. The Bertz CT molecular complexity index is 1620. The van der Waals surface area contributed by atoms with Crippen LogP contribution in [0, 0.1) is 34.5 Å². The lowest BCUT2D eigenvalue weighted by atomic mass is 9.43. The molecule has 23 atom stereocenters. The fraction of sp³-hybridized carbons (Fsp3) is 0.905. The Morgan fingerprint density at radius 2 is 1.46 bits per heavy atom. The number of rotatable bonds is 11. The lowest BCUT2D eigenvalue weighted by Gasteiger charge is -2.63. The molecular formula is C42H64O19. The van der Waals surface area contributed by atoms with Crippen molar-refractivity contribution in [2.45, 2.75) is 175 Å². The zero-order valence-electron chi connectivity index (χ0n) is 34.8. The van der Waals surface area contributed by atoms with Gasteiger partial charge in [-0.25, -0.2) is 4.79 Å². The molecule has 4 saturated carbocycles. The quantitative estimate of drug-likeness (QED) is 0.0613. The zero-order valence-corrected chi connectivity index (χ0v) is 34.8. The number of esters is 1. The number of methoxy groups -OCH3 is 1. The molecule has 4 aliphatic heterocycles.